The molecule has 2 aromatic carbocycles. The van der Waals surface area contributed by atoms with Gasteiger partial charge in [-0.15, -0.1) is 0 Å². The van der Waals surface area contributed by atoms with Crippen molar-refractivity contribution in [3.63, 3.8) is 0 Å². The smallest absolute Gasteiger partial charge is 0.419 e. The molecule has 34 heavy (non-hydrogen) atoms. The lowest BCUT2D eigenvalue weighted by molar-refractivity contribution is -0.131. The van der Waals surface area contributed by atoms with Crippen LogP contribution < -0.4 is 4.74 Å². The molecule has 1 atom stereocenters. The molecule has 1 amide bonds. The van der Waals surface area contributed by atoms with E-state index in [1.54, 1.807) is 24.3 Å². The molecule has 0 aliphatic heterocycles. The Morgan fingerprint density at radius 1 is 1.21 bits per heavy atom. The normalized spacial score (nSPS) is 12.3. The van der Waals surface area contributed by atoms with Crippen LogP contribution in [-0.4, -0.2) is 63.1 Å². The Morgan fingerprint density at radius 3 is 2.47 bits per heavy atom. The van der Waals surface area contributed by atoms with Crippen molar-refractivity contribution in [3.8, 4) is 17.1 Å². The topological polar surface area (TPSA) is 109 Å². The molecule has 3 rings (SSSR count). The first kappa shape index (κ1) is 25.3. The third kappa shape index (κ3) is 6.37. The molecule has 0 saturated heterocycles. The van der Waals surface area contributed by atoms with Gasteiger partial charge >= 0.3 is 6.11 Å². The number of aliphatic hydroxyl groups excluding tert-OH is 2. The number of ether oxygens (including phenoxy) is 1. The van der Waals surface area contributed by atoms with E-state index in [4.69, 9.17) is 16.1 Å². The predicted molar refractivity (Wildman–Crippen MR) is 120 cm³/mol. The molecule has 3 aromatic rings. The highest BCUT2D eigenvalue weighted by Crippen LogP contribution is 2.25. The largest absolute Gasteiger partial charge is 0.429 e. The van der Waals surface area contributed by atoms with Crippen LogP contribution in [0, 0.1) is 0 Å². The molecule has 1 unspecified atom stereocenters. The molecule has 0 spiro atoms. The fraction of sp³-hybridized carbons (Fsp3) is 0.261. The minimum absolute atomic E-state index is 0.0233. The Hall–Kier alpha value is -3.34. The molecule has 180 valence electrons. The van der Waals surface area contributed by atoms with Gasteiger partial charge in [0.1, 0.15) is 5.75 Å². The summed E-state index contributed by atoms with van der Waals surface area (Å²) in [5.41, 5.74) is 0.820. The maximum Gasteiger partial charge on any atom is 0.419 e. The Kier molecular flexibility index (Phi) is 8.32. The summed E-state index contributed by atoms with van der Waals surface area (Å²) >= 11 is 5.87. The van der Waals surface area contributed by atoms with Gasteiger partial charge in [-0.2, -0.15) is 13.8 Å². The molecule has 0 aliphatic carbocycles. The number of halogens is 3. The Bertz CT molecular complexity index is 1110. The van der Waals surface area contributed by atoms with E-state index in [0.717, 1.165) is 0 Å². The maximum absolute atomic E-state index is 13.3. The Balaban J connectivity index is 1.74. The summed E-state index contributed by atoms with van der Waals surface area (Å²) in [5.74, 6) is -0.152. The van der Waals surface area contributed by atoms with E-state index in [9.17, 15) is 23.8 Å². The van der Waals surface area contributed by atoms with E-state index in [0.29, 0.717) is 22.2 Å². The minimum Gasteiger partial charge on any atom is -0.429 e. The van der Waals surface area contributed by atoms with Crippen LogP contribution in [0.2, 0.25) is 5.02 Å². The van der Waals surface area contributed by atoms with E-state index in [1.807, 2.05) is 0 Å². The lowest BCUT2D eigenvalue weighted by atomic mass is 10.1. The number of hydrogen-bond acceptors (Lipinski definition) is 7. The highest BCUT2D eigenvalue weighted by Gasteiger charge is 2.27. The van der Waals surface area contributed by atoms with Crippen molar-refractivity contribution in [1.82, 2.24) is 15.0 Å². The van der Waals surface area contributed by atoms with Gasteiger partial charge in [0.2, 0.25) is 11.7 Å². The molecule has 0 aliphatic rings. The van der Waals surface area contributed by atoms with Crippen molar-refractivity contribution < 1.29 is 33.0 Å². The number of amides is 1. The van der Waals surface area contributed by atoms with Crippen LogP contribution >= 0.6 is 11.6 Å². The molecule has 1 heterocycles. The van der Waals surface area contributed by atoms with E-state index in [1.165, 1.54) is 29.2 Å². The number of carbonyl (C=O) groups is 1. The van der Waals surface area contributed by atoms with Gasteiger partial charge in [-0.25, -0.2) is 0 Å². The zero-order valence-electron chi connectivity index (χ0n) is 17.9. The highest BCUT2D eigenvalue weighted by molar-refractivity contribution is 6.30. The maximum atomic E-state index is 13.3. The summed E-state index contributed by atoms with van der Waals surface area (Å²) < 4.78 is 36.3. The van der Waals surface area contributed by atoms with Gasteiger partial charge in [-0.3, -0.25) is 4.79 Å². The average Bonchev–Trinajstić information content (AvgIpc) is 3.30. The number of carbonyl (C=O) groups excluding carboxylic acids is 1. The Labute approximate surface area is 199 Å². The molecule has 1 aromatic heterocycles. The van der Waals surface area contributed by atoms with Crippen molar-refractivity contribution in [2.75, 3.05) is 19.8 Å². The quantitative estimate of drug-likeness (QED) is 0.393. The van der Waals surface area contributed by atoms with Gasteiger partial charge in [0.25, 0.3) is 5.91 Å². The lowest BCUT2D eigenvalue weighted by Crippen LogP contribution is -2.45. The molecular weight excluding hydrogens is 472 g/mol. The second kappa shape index (κ2) is 11.2. The number of benzene rings is 2. The molecule has 0 saturated carbocycles. The standard InChI is InChI=1S/C23H22ClF2N3O5/c1-2-23(25,26)33-19-9-5-15(6-10-19)21-27-20(34-28-21)13-18(14-31)29(11-12-30)22(32)16-3-7-17(24)8-4-16/h2-10,18,30-31H,1,11-14H2. The number of rotatable bonds is 11. The van der Waals surface area contributed by atoms with Gasteiger partial charge in [-0.05, 0) is 48.5 Å². The number of alkyl halides is 2. The van der Waals surface area contributed by atoms with E-state index in [2.05, 4.69) is 21.5 Å². The van der Waals surface area contributed by atoms with E-state index in [-0.39, 0.29) is 37.0 Å². The number of aliphatic hydroxyl groups is 2. The van der Waals surface area contributed by atoms with Crippen molar-refractivity contribution in [2.24, 2.45) is 0 Å². The van der Waals surface area contributed by atoms with Crippen LogP contribution in [0.3, 0.4) is 0 Å². The third-order valence-electron chi connectivity index (χ3n) is 4.83. The first-order chi connectivity index (χ1) is 16.3. The fourth-order valence-electron chi connectivity index (χ4n) is 3.12. The molecule has 0 bridgehead atoms. The summed E-state index contributed by atoms with van der Waals surface area (Å²) in [5, 5.41) is 23.7. The SMILES string of the molecule is C=CC(F)(F)Oc1ccc(-c2noc(CC(CO)N(CCO)C(=O)c3ccc(Cl)cc3)n2)cc1. The van der Waals surface area contributed by atoms with E-state index < -0.39 is 24.7 Å². The number of hydrogen-bond donors (Lipinski definition) is 2. The minimum atomic E-state index is -3.50. The van der Waals surface area contributed by atoms with Crippen LogP contribution in [0.5, 0.6) is 5.75 Å². The van der Waals surface area contributed by atoms with Gasteiger partial charge < -0.3 is 24.4 Å². The molecule has 8 nitrogen and oxygen atoms in total. The summed E-state index contributed by atoms with van der Waals surface area (Å²) in [6.45, 7) is 2.26. The van der Waals surface area contributed by atoms with Crippen LogP contribution in [0.25, 0.3) is 11.4 Å². The van der Waals surface area contributed by atoms with Gasteiger partial charge in [-0.1, -0.05) is 23.3 Å². The molecule has 0 radical (unpaired) electrons. The second-order valence-electron chi connectivity index (χ2n) is 7.17. The van der Waals surface area contributed by atoms with Gasteiger partial charge in [0.15, 0.2) is 0 Å². The van der Waals surface area contributed by atoms with Crippen molar-refractivity contribution >= 4 is 17.5 Å². The molecule has 11 heteroatoms. The third-order valence-corrected chi connectivity index (χ3v) is 5.08. The molecule has 2 N–H and O–H groups in total. The van der Waals surface area contributed by atoms with Crippen molar-refractivity contribution in [3.05, 3.63) is 77.7 Å². The Morgan fingerprint density at radius 2 is 1.88 bits per heavy atom. The van der Waals surface area contributed by atoms with Crippen LogP contribution in [0.15, 0.2) is 65.7 Å². The van der Waals surface area contributed by atoms with Gasteiger partial charge in [0.05, 0.1) is 19.3 Å². The number of nitrogens with zero attached hydrogens (tertiary/aromatic N) is 3. The van der Waals surface area contributed by atoms with Crippen LogP contribution in [0.1, 0.15) is 16.2 Å². The monoisotopic (exact) mass is 493 g/mol. The van der Waals surface area contributed by atoms with Crippen LogP contribution in [0.4, 0.5) is 8.78 Å². The lowest BCUT2D eigenvalue weighted by Gasteiger charge is -2.29. The summed E-state index contributed by atoms with van der Waals surface area (Å²) in [7, 11) is 0. The first-order valence-electron chi connectivity index (χ1n) is 10.2. The molecule has 0 fully saturated rings. The van der Waals surface area contributed by atoms with Crippen molar-refractivity contribution in [2.45, 2.75) is 18.6 Å². The summed E-state index contributed by atoms with van der Waals surface area (Å²) in [6, 6.07) is 11.1. The molecular formula is C23H22ClF2N3O5. The zero-order chi connectivity index (χ0) is 24.7. The number of aromatic nitrogens is 2. The second-order valence-corrected chi connectivity index (χ2v) is 7.61. The highest BCUT2D eigenvalue weighted by atomic mass is 35.5. The average molecular weight is 494 g/mol. The predicted octanol–water partition coefficient (Wildman–Crippen LogP) is 3.59. The first-order valence-corrected chi connectivity index (χ1v) is 10.6. The summed E-state index contributed by atoms with van der Waals surface area (Å²) in [6.07, 6.45) is -3.08. The zero-order valence-corrected chi connectivity index (χ0v) is 18.7. The fourth-order valence-corrected chi connectivity index (χ4v) is 3.24. The van der Waals surface area contributed by atoms with Gasteiger partial charge in [0, 0.05) is 35.2 Å². The van der Waals surface area contributed by atoms with E-state index >= 15 is 0 Å². The van der Waals surface area contributed by atoms with Crippen molar-refractivity contribution in [1.29, 1.82) is 0 Å². The summed E-state index contributed by atoms with van der Waals surface area (Å²) in [4.78, 5) is 18.5. The van der Waals surface area contributed by atoms with Crippen LogP contribution in [-0.2, 0) is 6.42 Å².